The van der Waals surface area contributed by atoms with Gasteiger partial charge in [0.2, 0.25) is 0 Å². The fraction of sp³-hybridized carbons (Fsp3) is 0.100. The van der Waals surface area contributed by atoms with Gasteiger partial charge in [0.25, 0.3) is 0 Å². The zero-order valence-electron chi connectivity index (χ0n) is 12.4. The minimum absolute atomic E-state index is 0.408. The van der Waals surface area contributed by atoms with Crippen molar-refractivity contribution in [2.24, 2.45) is 0 Å². The van der Waals surface area contributed by atoms with Crippen molar-refractivity contribution in [1.82, 2.24) is 0 Å². The summed E-state index contributed by atoms with van der Waals surface area (Å²) in [5.74, 6) is 0.717. The molecule has 0 aliphatic carbocycles. The number of hydrogen-bond acceptors (Lipinski definition) is 1. The van der Waals surface area contributed by atoms with E-state index in [9.17, 15) is 0 Å². The second-order valence-electron chi connectivity index (χ2n) is 5.27. The van der Waals surface area contributed by atoms with Crippen LogP contribution in [0.15, 0.2) is 66.7 Å². The molecule has 3 aromatic carbocycles. The molecule has 23 heavy (non-hydrogen) atoms. The molecule has 0 aliphatic rings. The van der Waals surface area contributed by atoms with Crippen LogP contribution in [0.1, 0.15) is 16.7 Å². The molecule has 0 heterocycles. The molecule has 0 amide bonds. The van der Waals surface area contributed by atoms with Gasteiger partial charge in [-0.3, -0.25) is 0 Å². The topological polar surface area (TPSA) is 9.23 Å². The van der Waals surface area contributed by atoms with Gasteiger partial charge < -0.3 is 4.74 Å². The van der Waals surface area contributed by atoms with Crippen molar-refractivity contribution in [2.75, 3.05) is 0 Å². The number of ether oxygens (including phenoxy) is 1. The van der Waals surface area contributed by atoms with Gasteiger partial charge in [-0.15, -0.1) is 0 Å². The van der Waals surface area contributed by atoms with Crippen LogP contribution in [0.4, 0.5) is 0 Å². The zero-order valence-corrected chi connectivity index (χ0v) is 13.9. The Bertz CT molecular complexity index is 764. The van der Waals surface area contributed by atoms with E-state index in [2.05, 4.69) is 24.3 Å². The number of hydrogen-bond donors (Lipinski definition) is 0. The van der Waals surface area contributed by atoms with Crippen LogP contribution in [0, 0.1) is 6.07 Å². The number of benzene rings is 3. The van der Waals surface area contributed by atoms with Crippen LogP contribution in [-0.2, 0) is 13.0 Å². The molecule has 0 fully saturated rings. The summed E-state index contributed by atoms with van der Waals surface area (Å²) < 4.78 is 5.81. The summed E-state index contributed by atoms with van der Waals surface area (Å²) in [4.78, 5) is 0. The van der Waals surface area contributed by atoms with Crippen molar-refractivity contribution in [3.05, 3.63) is 99.5 Å². The first-order valence-corrected chi connectivity index (χ1v) is 8.07. The summed E-state index contributed by atoms with van der Waals surface area (Å²) in [5.41, 5.74) is 3.28. The molecule has 0 saturated carbocycles. The van der Waals surface area contributed by atoms with E-state index in [0.29, 0.717) is 16.7 Å². The molecule has 0 N–H and O–H groups in total. The summed E-state index contributed by atoms with van der Waals surface area (Å²) in [5, 5.41) is 1.22. The predicted octanol–water partition coefficient (Wildman–Crippen LogP) is 5.96. The summed E-state index contributed by atoms with van der Waals surface area (Å²) in [6, 6.07) is 25.0. The van der Waals surface area contributed by atoms with E-state index >= 15 is 0 Å². The number of halogens is 2. The molecule has 0 aliphatic heterocycles. The molecule has 0 saturated heterocycles. The molecule has 3 aromatic rings. The lowest BCUT2D eigenvalue weighted by atomic mass is 10.1. The summed E-state index contributed by atoms with van der Waals surface area (Å²) in [6.45, 7) is 0.408. The van der Waals surface area contributed by atoms with Crippen molar-refractivity contribution >= 4 is 23.2 Å². The van der Waals surface area contributed by atoms with Gasteiger partial charge in [0.05, 0.1) is 0 Å². The average molecular weight is 342 g/mol. The van der Waals surface area contributed by atoms with E-state index in [1.165, 1.54) is 5.56 Å². The standard InChI is InChI=1S/C20H15Cl2O/c21-18-10-17(11-19(22)13-18)14-23-20-8-4-7-16(12-20)9-15-5-2-1-3-6-15/h1-8,10-11,13H,9,14H2. The second-order valence-corrected chi connectivity index (χ2v) is 6.14. The van der Waals surface area contributed by atoms with Crippen molar-refractivity contribution in [3.8, 4) is 5.75 Å². The van der Waals surface area contributed by atoms with E-state index in [4.69, 9.17) is 27.9 Å². The van der Waals surface area contributed by atoms with E-state index in [0.717, 1.165) is 23.3 Å². The summed E-state index contributed by atoms with van der Waals surface area (Å²) in [6.07, 6.45) is 0.834. The van der Waals surface area contributed by atoms with Crippen molar-refractivity contribution in [1.29, 1.82) is 0 Å². The minimum atomic E-state index is 0.408. The van der Waals surface area contributed by atoms with Crippen molar-refractivity contribution in [2.45, 2.75) is 13.0 Å². The highest BCUT2D eigenvalue weighted by atomic mass is 35.5. The minimum Gasteiger partial charge on any atom is -0.488 e. The average Bonchev–Trinajstić information content (AvgIpc) is 2.53. The van der Waals surface area contributed by atoms with Gasteiger partial charge in [0.1, 0.15) is 12.4 Å². The fourth-order valence-electron chi connectivity index (χ4n) is 2.35. The Morgan fingerprint density at radius 1 is 0.783 bits per heavy atom. The van der Waals surface area contributed by atoms with Crippen LogP contribution >= 0.6 is 23.2 Å². The van der Waals surface area contributed by atoms with E-state index in [-0.39, 0.29) is 0 Å². The van der Waals surface area contributed by atoms with Crippen LogP contribution < -0.4 is 4.74 Å². The lowest BCUT2D eigenvalue weighted by molar-refractivity contribution is 0.305. The van der Waals surface area contributed by atoms with Gasteiger partial charge in [-0.05, 0) is 47.4 Å². The highest BCUT2D eigenvalue weighted by Gasteiger charge is 2.02. The second kappa shape index (κ2) is 7.54. The predicted molar refractivity (Wildman–Crippen MR) is 95.3 cm³/mol. The Morgan fingerprint density at radius 3 is 2.26 bits per heavy atom. The SMILES string of the molecule is Clc1cc(Cl)cc(COc2[c]c(Cc3ccccc3)ccc2)c1. The third-order valence-electron chi connectivity index (χ3n) is 3.38. The van der Waals surface area contributed by atoms with Crippen LogP contribution in [0.2, 0.25) is 10.0 Å². The van der Waals surface area contributed by atoms with E-state index in [1.54, 1.807) is 6.07 Å². The molecule has 0 bridgehead atoms. The van der Waals surface area contributed by atoms with Gasteiger partial charge in [0, 0.05) is 16.1 Å². The molecule has 0 aromatic heterocycles. The van der Waals surface area contributed by atoms with Gasteiger partial charge in [0.15, 0.2) is 0 Å². The third kappa shape index (κ3) is 4.75. The van der Waals surface area contributed by atoms with E-state index in [1.807, 2.05) is 42.5 Å². The van der Waals surface area contributed by atoms with Crippen molar-refractivity contribution < 1.29 is 4.74 Å². The Labute approximate surface area is 146 Å². The van der Waals surface area contributed by atoms with E-state index < -0.39 is 0 Å². The summed E-state index contributed by atoms with van der Waals surface area (Å²) in [7, 11) is 0. The molecule has 115 valence electrons. The monoisotopic (exact) mass is 341 g/mol. The highest BCUT2D eigenvalue weighted by Crippen LogP contribution is 2.21. The Kier molecular flexibility index (Phi) is 5.22. The van der Waals surface area contributed by atoms with Gasteiger partial charge >= 0.3 is 0 Å². The smallest absolute Gasteiger partial charge is 0.128 e. The van der Waals surface area contributed by atoms with Gasteiger partial charge in [-0.2, -0.15) is 0 Å². The lowest BCUT2D eigenvalue weighted by Gasteiger charge is -2.09. The number of rotatable bonds is 5. The summed E-state index contributed by atoms with van der Waals surface area (Å²) >= 11 is 12.0. The highest BCUT2D eigenvalue weighted by molar-refractivity contribution is 6.34. The first-order chi connectivity index (χ1) is 11.2. The van der Waals surface area contributed by atoms with Crippen LogP contribution in [-0.4, -0.2) is 0 Å². The molecule has 0 spiro atoms. The van der Waals surface area contributed by atoms with Crippen molar-refractivity contribution in [3.63, 3.8) is 0 Å². The Hall–Kier alpha value is -1.96. The normalized spacial score (nSPS) is 10.5. The maximum Gasteiger partial charge on any atom is 0.128 e. The van der Waals surface area contributed by atoms with Crippen LogP contribution in [0.5, 0.6) is 5.75 Å². The van der Waals surface area contributed by atoms with Gasteiger partial charge in [-0.25, -0.2) is 0 Å². The fourth-order valence-corrected chi connectivity index (χ4v) is 2.92. The maximum absolute atomic E-state index is 6.00. The quantitative estimate of drug-likeness (QED) is 0.556. The first kappa shape index (κ1) is 15.9. The zero-order chi connectivity index (χ0) is 16.1. The molecule has 3 rings (SSSR count). The molecule has 0 unspecified atom stereocenters. The Balaban J connectivity index is 1.68. The maximum atomic E-state index is 6.00. The first-order valence-electron chi connectivity index (χ1n) is 7.32. The Morgan fingerprint density at radius 2 is 1.52 bits per heavy atom. The molecule has 3 heteroatoms. The molecular formula is C20H15Cl2O. The molecule has 1 radical (unpaired) electrons. The molecular weight excluding hydrogens is 327 g/mol. The molecule has 1 nitrogen and oxygen atoms in total. The largest absolute Gasteiger partial charge is 0.488 e. The molecule has 0 atom stereocenters. The van der Waals surface area contributed by atoms with Crippen LogP contribution in [0.3, 0.4) is 0 Å². The third-order valence-corrected chi connectivity index (χ3v) is 3.82. The van der Waals surface area contributed by atoms with Crippen LogP contribution in [0.25, 0.3) is 0 Å². The lowest BCUT2D eigenvalue weighted by Crippen LogP contribution is -1.97. The van der Waals surface area contributed by atoms with Gasteiger partial charge in [-0.1, -0.05) is 65.7 Å².